The summed E-state index contributed by atoms with van der Waals surface area (Å²) in [6, 6.07) is 9.34. The molecule has 0 spiro atoms. The Hall–Kier alpha value is -1.08. The van der Waals surface area contributed by atoms with Gasteiger partial charge in [0.1, 0.15) is 0 Å². The fraction of sp³-hybridized carbons (Fsp3) is 0.704. The van der Waals surface area contributed by atoms with Crippen molar-refractivity contribution in [2.45, 2.75) is 97.0 Å². The normalized spacial score (nSPS) is 28.6. The summed E-state index contributed by atoms with van der Waals surface area (Å²) in [4.78, 5) is 0. The lowest BCUT2D eigenvalue weighted by molar-refractivity contribution is 0.117. The quantitative estimate of drug-likeness (QED) is 0.310. The Labute approximate surface area is 174 Å². The van der Waals surface area contributed by atoms with Gasteiger partial charge in [-0.25, -0.2) is 0 Å². The van der Waals surface area contributed by atoms with Crippen molar-refractivity contribution in [2.24, 2.45) is 17.8 Å². The van der Waals surface area contributed by atoms with E-state index in [1.165, 1.54) is 76.2 Å². The van der Waals surface area contributed by atoms with Crippen LogP contribution in [0.5, 0.6) is 0 Å². The van der Waals surface area contributed by atoms with Crippen molar-refractivity contribution in [3.8, 4) is 0 Å². The molecule has 0 N–H and O–H groups in total. The summed E-state index contributed by atoms with van der Waals surface area (Å²) < 4.78 is 5.81. The van der Waals surface area contributed by atoms with Crippen LogP contribution in [-0.4, -0.2) is 6.61 Å². The van der Waals surface area contributed by atoms with Gasteiger partial charge in [0.05, 0.1) is 6.61 Å². The molecule has 28 heavy (non-hydrogen) atoms. The van der Waals surface area contributed by atoms with Gasteiger partial charge in [-0.2, -0.15) is 0 Å². The van der Waals surface area contributed by atoms with Gasteiger partial charge in [-0.05, 0) is 99.5 Å². The molecule has 0 amide bonds. The van der Waals surface area contributed by atoms with E-state index in [9.17, 15) is 0 Å². The molecule has 0 atom stereocenters. The van der Waals surface area contributed by atoms with E-state index in [-0.39, 0.29) is 0 Å². The molecule has 2 fully saturated rings. The highest BCUT2D eigenvalue weighted by atomic mass is 16.5. The smallest absolute Gasteiger partial charge is 0.0716 e. The molecule has 2 aliphatic rings. The largest absolute Gasteiger partial charge is 0.377 e. The summed E-state index contributed by atoms with van der Waals surface area (Å²) in [5, 5.41) is 0. The van der Waals surface area contributed by atoms with E-state index in [1.807, 2.05) is 0 Å². The predicted molar refractivity (Wildman–Crippen MR) is 121 cm³/mol. The number of unbranched alkanes of at least 4 members (excludes halogenated alkanes) is 2. The van der Waals surface area contributed by atoms with Crippen molar-refractivity contribution >= 4 is 0 Å². The van der Waals surface area contributed by atoms with E-state index in [0.29, 0.717) is 0 Å². The molecule has 1 heteroatoms. The first-order valence-electron chi connectivity index (χ1n) is 12.1. The summed E-state index contributed by atoms with van der Waals surface area (Å²) in [5.41, 5.74) is 2.89. The molecule has 2 aliphatic carbocycles. The zero-order chi connectivity index (χ0) is 19.6. The lowest BCUT2D eigenvalue weighted by Gasteiger charge is -2.37. The number of ether oxygens (including phenoxy) is 1. The second-order valence-electron chi connectivity index (χ2n) is 9.31. The molecule has 0 radical (unpaired) electrons. The van der Waals surface area contributed by atoms with Gasteiger partial charge in [0.25, 0.3) is 0 Å². The fourth-order valence-electron chi connectivity index (χ4n) is 5.54. The summed E-state index contributed by atoms with van der Waals surface area (Å²) in [7, 11) is 0. The number of hydrogen-bond donors (Lipinski definition) is 0. The molecule has 1 aromatic carbocycles. The highest BCUT2D eigenvalue weighted by Crippen LogP contribution is 2.44. The molecule has 1 nitrogen and oxygen atoms in total. The van der Waals surface area contributed by atoms with Crippen LogP contribution in [0, 0.1) is 17.8 Å². The van der Waals surface area contributed by atoms with Gasteiger partial charge in [-0.3, -0.25) is 0 Å². The van der Waals surface area contributed by atoms with Crippen LogP contribution in [0.25, 0.3) is 0 Å². The summed E-state index contributed by atoms with van der Waals surface area (Å²) >= 11 is 0. The Morgan fingerprint density at radius 3 is 2.11 bits per heavy atom. The Balaban J connectivity index is 1.39. The maximum atomic E-state index is 5.81. The Kier molecular flexibility index (Phi) is 9.12. The molecule has 0 saturated heterocycles. The summed E-state index contributed by atoms with van der Waals surface area (Å²) in [6.45, 7) is 6.07. The third-order valence-electron chi connectivity index (χ3n) is 7.33. The number of allylic oxidation sites excluding steroid dienone is 2. The zero-order valence-electron chi connectivity index (χ0n) is 18.4. The van der Waals surface area contributed by atoms with Crippen LogP contribution in [0.15, 0.2) is 36.4 Å². The molecule has 1 aromatic rings. The van der Waals surface area contributed by atoms with Crippen LogP contribution in [0.3, 0.4) is 0 Å². The van der Waals surface area contributed by atoms with Crippen molar-refractivity contribution in [2.75, 3.05) is 6.61 Å². The standard InChI is InChI=1S/C27H42O/c1-3-5-6-20-28-21-23-10-14-25(15-11-23)27-18-16-26(17-19-27)24-12-8-22(7-4-2)9-13-24/h4,7,10-11,14-15,22,24,26-27H,3,5-6,8-9,12-13,16-21H2,1-2H3/b7-4+/t22-,24-,26?,27?. The molecule has 3 rings (SSSR count). The van der Waals surface area contributed by atoms with Crippen molar-refractivity contribution in [3.05, 3.63) is 47.5 Å². The minimum Gasteiger partial charge on any atom is -0.377 e. The molecule has 0 aliphatic heterocycles. The molecule has 0 unspecified atom stereocenters. The van der Waals surface area contributed by atoms with Gasteiger partial charge < -0.3 is 4.74 Å². The van der Waals surface area contributed by atoms with Crippen LogP contribution in [0.1, 0.15) is 102 Å². The number of hydrogen-bond acceptors (Lipinski definition) is 1. The van der Waals surface area contributed by atoms with E-state index in [2.05, 4.69) is 50.3 Å². The van der Waals surface area contributed by atoms with Crippen molar-refractivity contribution in [3.63, 3.8) is 0 Å². The topological polar surface area (TPSA) is 9.23 Å². The minimum absolute atomic E-state index is 0.770. The van der Waals surface area contributed by atoms with Gasteiger partial charge in [-0.15, -0.1) is 0 Å². The van der Waals surface area contributed by atoms with Crippen LogP contribution in [0.4, 0.5) is 0 Å². The SMILES string of the molecule is C/C=C/[C@H]1CC[C@H](C2CCC(c3ccc(COCCCCC)cc3)CC2)CC1. The predicted octanol–water partition coefficient (Wildman–Crippen LogP) is 8.05. The van der Waals surface area contributed by atoms with Gasteiger partial charge in [0.2, 0.25) is 0 Å². The molecule has 0 aromatic heterocycles. The van der Waals surface area contributed by atoms with Gasteiger partial charge in [-0.1, -0.05) is 56.2 Å². The number of rotatable bonds is 9. The van der Waals surface area contributed by atoms with E-state index in [0.717, 1.165) is 36.9 Å². The zero-order valence-corrected chi connectivity index (χ0v) is 18.4. The second-order valence-corrected chi connectivity index (χ2v) is 9.31. The second kappa shape index (κ2) is 11.8. The van der Waals surface area contributed by atoms with Crippen LogP contribution < -0.4 is 0 Å². The summed E-state index contributed by atoms with van der Waals surface area (Å²) in [5.74, 6) is 3.66. The summed E-state index contributed by atoms with van der Waals surface area (Å²) in [6.07, 6.45) is 19.9. The van der Waals surface area contributed by atoms with Crippen molar-refractivity contribution < 1.29 is 4.74 Å². The van der Waals surface area contributed by atoms with Crippen LogP contribution in [-0.2, 0) is 11.3 Å². The highest BCUT2D eigenvalue weighted by Gasteiger charge is 2.30. The third kappa shape index (κ3) is 6.48. The van der Waals surface area contributed by atoms with E-state index < -0.39 is 0 Å². The lowest BCUT2D eigenvalue weighted by Crippen LogP contribution is -2.25. The highest BCUT2D eigenvalue weighted by molar-refractivity contribution is 5.25. The molecule has 0 bridgehead atoms. The maximum absolute atomic E-state index is 5.81. The van der Waals surface area contributed by atoms with Crippen molar-refractivity contribution in [1.82, 2.24) is 0 Å². The van der Waals surface area contributed by atoms with E-state index in [1.54, 1.807) is 5.56 Å². The minimum atomic E-state index is 0.770. The van der Waals surface area contributed by atoms with Crippen molar-refractivity contribution in [1.29, 1.82) is 0 Å². The monoisotopic (exact) mass is 382 g/mol. The first-order chi connectivity index (χ1) is 13.8. The molecular weight excluding hydrogens is 340 g/mol. The fourth-order valence-corrected chi connectivity index (χ4v) is 5.54. The Morgan fingerprint density at radius 1 is 0.857 bits per heavy atom. The maximum Gasteiger partial charge on any atom is 0.0716 e. The molecule has 156 valence electrons. The lowest BCUT2D eigenvalue weighted by atomic mass is 9.68. The average Bonchev–Trinajstić information content (AvgIpc) is 2.75. The van der Waals surface area contributed by atoms with Gasteiger partial charge in [0.15, 0.2) is 0 Å². The van der Waals surface area contributed by atoms with E-state index >= 15 is 0 Å². The van der Waals surface area contributed by atoms with Crippen LogP contribution >= 0.6 is 0 Å². The Bertz CT molecular complexity index is 556. The first-order valence-corrected chi connectivity index (χ1v) is 12.1. The number of benzene rings is 1. The van der Waals surface area contributed by atoms with Gasteiger partial charge >= 0.3 is 0 Å². The third-order valence-corrected chi connectivity index (χ3v) is 7.33. The molecular formula is C27H42O. The first kappa shape index (κ1) is 21.6. The van der Waals surface area contributed by atoms with Gasteiger partial charge in [0, 0.05) is 6.61 Å². The average molecular weight is 383 g/mol. The van der Waals surface area contributed by atoms with E-state index in [4.69, 9.17) is 4.74 Å². The van der Waals surface area contributed by atoms with Crippen LogP contribution in [0.2, 0.25) is 0 Å². The Morgan fingerprint density at radius 2 is 1.50 bits per heavy atom. The molecule has 2 saturated carbocycles. The molecule has 0 heterocycles.